The van der Waals surface area contributed by atoms with Crippen molar-refractivity contribution < 1.29 is 28.6 Å². The second-order valence-electron chi connectivity index (χ2n) is 10.7. The van der Waals surface area contributed by atoms with Crippen LogP contribution in [0.5, 0.6) is 0 Å². The summed E-state index contributed by atoms with van der Waals surface area (Å²) in [6.45, 7) is 1.98. The molecule has 14 heteroatoms. The van der Waals surface area contributed by atoms with Crippen molar-refractivity contribution >= 4 is 46.6 Å². The molecule has 224 valence electrons. The van der Waals surface area contributed by atoms with E-state index in [1.807, 2.05) is 5.38 Å². The Morgan fingerprint density at radius 3 is 2.71 bits per heavy atom. The summed E-state index contributed by atoms with van der Waals surface area (Å²) in [4.78, 5) is 50.5. The molecule has 2 atom stereocenters. The average molecular weight is 619 g/mol. The number of aromatic nitrogens is 1. The second-order valence-corrected chi connectivity index (χ2v) is 12.0. The summed E-state index contributed by atoms with van der Waals surface area (Å²) in [5.74, 6) is -1.78. The van der Waals surface area contributed by atoms with E-state index in [2.05, 4.69) is 15.2 Å². The monoisotopic (exact) mass is 618 g/mol. The van der Waals surface area contributed by atoms with Gasteiger partial charge in [0, 0.05) is 67.0 Å². The minimum atomic E-state index is -0.869. The molecule has 2 fully saturated rings. The number of aliphatic imine (C=N–C) groups is 1. The summed E-state index contributed by atoms with van der Waals surface area (Å²) in [5, 5.41) is 15.0. The van der Waals surface area contributed by atoms with E-state index in [1.54, 1.807) is 11.1 Å². The predicted octanol–water partition coefficient (Wildman–Crippen LogP) is 2.43. The normalized spacial score (nSPS) is 24.5. The van der Waals surface area contributed by atoms with Crippen molar-refractivity contribution in [2.24, 2.45) is 22.6 Å². The summed E-state index contributed by atoms with van der Waals surface area (Å²) in [7, 11) is 1.28. The van der Waals surface area contributed by atoms with Gasteiger partial charge in [0.05, 0.1) is 24.6 Å². The molecule has 1 unspecified atom stereocenters. The molecule has 1 amide bonds. The van der Waals surface area contributed by atoms with Crippen molar-refractivity contribution in [2.45, 2.75) is 31.3 Å². The van der Waals surface area contributed by atoms with Crippen molar-refractivity contribution in [3.8, 4) is 0 Å². The number of carboxylic acid groups (broad SMARTS) is 1. The maximum Gasteiger partial charge on any atom is 0.338 e. The van der Waals surface area contributed by atoms with Gasteiger partial charge in [-0.25, -0.2) is 14.2 Å². The fourth-order valence-corrected chi connectivity index (χ4v) is 6.61. The smallest absolute Gasteiger partial charge is 0.338 e. The molecule has 4 N–H and O–H groups in total. The number of hydrogen-bond acceptors (Lipinski definition) is 10. The first-order valence-electron chi connectivity index (χ1n) is 13.6. The minimum Gasteiger partial charge on any atom is -0.481 e. The lowest BCUT2D eigenvalue weighted by molar-refractivity contribution is -0.149. The molecule has 3 aliphatic rings. The second kappa shape index (κ2) is 12.9. The van der Waals surface area contributed by atoms with Gasteiger partial charge in [-0.05, 0) is 30.9 Å². The van der Waals surface area contributed by atoms with Gasteiger partial charge in [-0.15, -0.1) is 11.3 Å². The van der Waals surface area contributed by atoms with Crippen LogP contribution in [-0.2, 0) is 19.1 Å². The molecule has 42 heavy (non-hydrogen) atoms. The molecule has 1 aromatic carbocycles. The number of benzene rings is 1. The minimum absolute atomic E-state index is 0.0200. The molecule has 1 aliphatic carbocycles. The number of piperazine rings is 1. The van der Waals surface area contributed by atoms with E-state index in [0.717, 1.165) is 0 Å². The number of rotatable bonds is 9. The molecular formula is C28H32ClFN6O5S. The molecule has 1 saturated carbocycles. The zero-order chi connectivity index (χ0) is 30.0. The van der Waals surface area contributed by atoms with Gasteiger partial charge in [0.25, 0.3) is 0 Å². The zero-order valence-corrected chi connectivity index (χ0v) is 24.5. The number of thiazole rings is 1. The zero-order valence-electron chi connectivity index (χ0n) is 23.0. The third-order valence-corrected chi connectivity index (χ3v) is 9.12. The number of amides is 1. The van der Waals surface area contributed by atoms with E-state index in [0.29, 0.717) is 67.5 Å². The number of methoxy groups -OCH3 is 1. The Morgan fingerprint density at radius 2 is 2.07 bits per heavy atom. The number of carbonyl (C=O) groups is 3. The quantitative estimate of drug-likeness (QED) is 0.360. The Bertz CT molecular complexity index is 1410. The number of nitrogens with zero attached hydrogens (tertiary/aromatic N) is 4. The summed E-state index contributed by atoms with van der Waals surface area (Å²) >= 11 is 7.81. The van der Waals surface area contributed by atoms with Crippen LogP contribution in [-0.4, -0.2) is 89.4 Å². The maximum atomic E-state index is 13.9. The van der Waals surface area contributed by atoms with E-state index in [1.165, 1.54) is 36.6 Å². The van der Waals surface area contributed by atoms with Gasteiger partial charge in [0.1, 0.15) is 11.9 Å². The van der Waals surface area contributed by atoms with Crippen LogP contribution in [0, 0.1) is 17.7 Å². The third-order valence-electron chi connectivity index (χ3n) is 8.01. The van der Waals surface area contributed by atoms with Crippen molar-refractivity contribution in [1.82, 2.24) is 20.1 Å². The van der Waals surface area contributed by atoms with Crippen LogP contribution in [0.2, 0.25) is 5.02 Å². The first kappa shape index (κ1) is 30.1. The molecule has 3 heterocycles. The Hall–Kier alpha value is -3.39. The van der Waals surface area contributed by atoms with Crippen molar-refractivity contribution in [3.05, 3.63) is 62.5 Å². The molecule has 1 saturated heterocycles. The van der Waals surface area contributed by atoms with E-state index < -0.39 is 23.8 Å². The highest BCUT2D eigenvalue weighted by Gasteiger charge is 2.39. The Labute approximate surface area is 251 Å². The molecular weight excluding hydrogens is 587 g/mol. The van der Waals surface area contributed by atoms with Gasteiger partial charge in [0.2, 0.25) is 5.91 Å². The highest BCUT2D eigenvalue weighted by molar-refractivity contribution is 7.11. The van der Waals surface area contributed by atoms with Gasteiger partial charge in [-0.3, -0.25) is 19.5 Å². The van der Waals surface area contributed by atoms with Gasteiger partial charge < -0.3 is 25.8 Å². The molecule has 5 rings (SSSR count). The number of halogens is 2. The molecule has 1 aromatic heterocycles. The summed E-state index contributed by atoms with van der Waals surface area (Å²) < 4.78 is 19.1. The SMILES string of the molecule is COC(=O)C1=C(CN2CCN(C(=O)CC3CC(C(=O)O)C3)C(CN)C2)NC(c2nccs2)=N[C@H]1c1ccc(F)cc1Cl. The van der Waals surface area contributed by atoms with Crippen LogP contribution in [0.15, 0.2) is 46.0 Å². The van der Waals surface area contributed by atoms with Crippen LogP contribution < -0.4 is 11.1 Å². The standard InChI is InChI=1S/C28H32ClFN6O5S/c1-41-28(40)23-21(33-25(26-32-4-7-42-26)34-24(23)19-3-2-17(30)11-20(19)29)14-35-5-6-36(18(12-31)13-35)22(37)10-15-8-16(9-15)27(38)39/h2-4,7,11,15-16,18,24H,5-6,8-10,12-14,31H2,1H3,(H,33,34)(H,38,39)/t15?,16?,18?,24-/m0/s1. The number of aliphatic carboxylic acids is 1. The first-order chi connectivity index (χ1) is 20.2. The largest absolute Gasteiger partial charge is 0.481 e. The highest BCUT2D eigenvalue weighted by atomic mass is 35.5. The molecule has 0 bridgehead atoms. The third kappa shape index (κ3) is 6.33. The van der Waals surface area contributed by atoms with Gasteiger partial charge in [-0.1, -0.05) is 17.7 Å². The fourth-order valence-electron chi connectivity index (χ4n) is 5.75. The van der Waals surface area contributed by atoms with Crippen LogP contribution in [0.25, 0.3) is 0 Å². The van der Waals surface area contributed by atoms with E-state index >= 15 is 0 Å². The van der Waals surface area contributed by atoms with Crippen LogP contribution >= 0.6 is 22.9 Å². The number of carbonyl (C=O) groups excluding carboxylic acids is 2. The highest BCUT2D eigenvalue weighted by Crippen LogP contribution is 2.38. The van der Waals surface area contributed by atoms with Gasteiger partial charge in [-0.2, -0.15) is 0 Å². The summed E-state index contributed by atoms with van der Waals surface area (Å²) in [6, 6.07) is 2.84. The number of amidine groups is 1. The summed E-state index contributed by atoms with van der Waals surface area (Å²) in [5.41, 5.74) is 7.33. The van der Waals surface area contributed by atoms with Gasteiger partial charge in [0.15, 0.2) is 10.8 Å². The van der Waals surface area contributed by atoms with Crippen LogP contribution in [0.1, 0.15) is 35.9 Å². The molecule has 0 spiro atoms. The number of esters is 1. The lowest BCUT2D eigenvalue weighted by atomic mass is 9.73. The fraction of sp³-hybridized carbons (Fsp3) is 0.464. The Balaban J connectivity index is 1.38. The maximum absolute atomic E-state index is 13.9. The number of carboxylic acids is 1. The first-order valence-corrected chi connectivity index (χ1v) is 14.9. The average Bonchev–Trinajstić information content (AvgIpc) is 3.49. The molecule has 2 aromatic rings. The van der Waals surface area contributed by atoms with Crippen LogP contribution in [0.3, 0.4) is 0 Å². The van der Waals surface area contributed by atoms with Gasteiger partial charge >= 0.3 is 11.9 Å². The predicted molar refractivity (Wildman–Crippen MR) is 154 cm³/mol. The van der Waals surface area contributed by atoms with E-state index in [4.69, 9.17) is 32.2 Å². The lowest BCUT2D eigenvalue weighted by Gasteiger charge is -2.43. The molecule has 2 aliphatic heterocycles. The number of ether oxygens (including phenoxy) is 1. The van der Waals surface area contributed by atoms with Crippen molar-refractivity contribution in [3.63, 3.8) is 0 Å². The number of nitrogens with one attached hydrogen (secondary N) is 1. The Morgan fingerprint density at radius 1 is 1.29 bits per heavy atom. The van der Waals surface area contributed by atoms with Crippen molar-refractivity contribution in [2.75, 3.05) is 39.8 Å². The number of nitrogens with two attached hydrogens (primary N) is 1. The molecule has 0 radical (unpaired) electrons. The van der Waals surface area contributed by atoms with Crippen LogP contribution in [0.4, 0.5) is 4.39 Å². The van der Waals surface area contributed by atoms with Crippen molar-refractivity contribution in [1.29, 1.82) is 0 Å². The van der Waals surface area contributed by atoms with E-state index in [-0.39, 0.29) is 40.9 Å². The lowest BCUT2D eigenvalue weighted by Crippen LogP contribution is -2.58. The number of hydrogen-bond donors (Lipinski definition) is 3. The molecule has 11 nitrogen and oxygen atoms in total. The summed E-state index contributed by atoms with van der Waals surface area (Å²) in [6.07, 6.45) is 3.00. The van der Waals surface area contributed by atoms with E-state index in [9.17, 15) is 18.8 Å². The Kier molecular flexibility index (Phi) is 9.21. The topological polar surface area (TPSA) is 150 Å².